The molecule has 5 heteroatoms. The molecule has 0 aliphatic heterocycles. The van der Waals surface area contributed by atoms with Crippen molar-refractivity contribution >= 4 is 11.9 Å². The second-order valence-corrected chi connectivity index (χ2v) is 5.35. The Morgan fingerprint density at radius 1 is 1.25 bits per heavy atom. The lowest BCUT2D eigenvalue weighted by molar-refractivity contribution is -0.138. The number of carboxylic acids is 1. The van der Waals surface area contributed by atoms with E-state index >= 15 is 0 Å². The number of benzene rings is 1. The first-order valence-electron chi connectivity index (χ1n) is 6.65. The number of aliphatic carboxylic acids is 1. The van der Waals surface area contributed by atoms with Gasteiger partial charge < -0.3 is 16.2 Å². The number of carbonyl (C=O) groups is 2. The summed E-state index contributed by atoms with van der Waals surface area (Å²) >= 11 is 0. The number of carbonyl (C=O) groups excluding carboxylic acids is 1. The minimum Gasteiger partial charge on any atom is -0.481 e. The van der Waals surface area contributed by atoms with Gasteiger partial charge in [-0.2, -0.15) is 0 Å². The standard InChI is InChI=1S/C15H22N2O3/c1-9(2)12(8-13(18)19)17-15(20)14(16)11-6-4-10(3)5-7-11/h4-7,9,12,14H,8,16H2,1-3H3,(H,17,20)(H,18,19). The van der Waals surface area contributed by atoms with E-state index in [0.717, 1.165) is 5.56 Å². The highest BCUT2D eigenvalue weighted by Gasteiger charge is 2.23. The van der Waals surface area contributed by atoms with E-state index in [0.29, 0.717) is 5.56 Å². The van der Waals surface area contributed by atoms with Crippen LogP contribution in [0.5, 0.6) is 0 Å². The molecule has 0 fully saturated rings. The lowest BCUT2D eigenvalue weighted by atomic mass is 9.99. The Hall–Kier alpha value is -1.88. The van der Waals surface area contributed by atoms with Gasteiger partial charge in [-0.1, -0.05) is 43.7 Å². The van der Waals surface area contributed by atoms with Crippen molar-refractivity contribution in [1.82, 2.24) is 5.32 Å². The highest BCUT2D eigenvalue weighted by Crippen LogP contribution is 2.13. The van der Waals surface area contributed by atoms with Crippen LogP contribution >= 0.6 is 0 Å². The zero-order valence-electron chi connectivity index (χ0n) is 12.1. The lowest BCUT2D eigenvalue weighted by Crippen LogP contribution is -2.44. The van der Waals surface area contributed by atoms with Gasteiger partial charge in [0.2, 0.25) is 5.91 Å². The third-order valence-corrected chi connectivity index (χ3v) is 3.25. The monoisotopic (exact) mass is 278 g/mol. The molecule has 2 atom stereocenters. The van der Waals surface area contributed by atoms with Gasteiger partial charge in [-0.05, 0) is 18.4 Å². The van der Waals surface area contributed by atoms with Crippen molar-refractivity contribution in [2.24, 2.45) is 11.7 Å². The first-order chi connectivity index (χ1) is 9.31. The first-order valence-corrected chi connectivity index (χ1v) is 6.65. The van der Waals surface area contributed by atoms with Crippen LogP contribution in [-0.4, -0.2) is 23.0 Å². The molecule has 5 nitrogen and oxygen atoms in total. The van der Waals surface area contributed by atoms with Crippen LogP contribution in [0.4, 0.5) is 0 Å². The molecule has 110 valence electrons. The number of amides is 1. The van der Waals surface area contributed by atoms with E-state index in [4.69, 9.17) is 10.8 Å². The largest absolute Gasteiger partial charge is 0.481 e. The molecule has 4 N–H and O–H groups in total. The number of rotatable bonds is 6. The Morgan fingerprint density at radius 3 is 2.25 bits per heavy atom. The SMILES string of the molecule is Cc1ccc(C(N)C(=O)NC(CC(=O)O)C(C)C)cc1. The van der Waals surface area contributed by atoms with Gasteiger partial charge in [0.05, 0.1) is 6.42 Å². The number of carboxylic acid groups (broad SMARTS) is 1. The average molecular weight is 278 g/mol. The maximum absolute atomic E-state index is 12.1. The van der Waals surface area contributed by atoms with Crippen LogP contribution in [0.3, 0.4) is 0 Å². The van der Waals surface area contributed by atoms with Gasteiger partial charge in [0.1, 0.15) is 6.04 Å². The van der Waals surface area contributed by atoms with E-state index in [2.05, 4.69) is 5.32 Å². The van der Waals surface area contributed by atoms with Crippen molar-refractivity contribution in [3.63, 3.8) is 0 Å². The summed E-state index contributed by atoms with van der Waals surface area (Å²) in [5, 5.41) is 11.6. The molecule has 0 saturated heterocycles. The Balaban J connectivity index is 2.73. The Labute approximate surface area is 119 Å². The van der Waals surface area contributed by atoms with E-state index in [1.807, 2.05) is 32.9 Å². The smallest absolute Gasteiger partial charge is 0.305 e. The fourth-order valence-electron chi connectivity index (χ4n) is 1.84. The molecule has 2 unspecified atom stereocenters. The van der Waals surface area contributed by atoms with Gasteiger partial charge in [-0.15, -0.1) is 0 Å². The summed E-state index contributed by atoms with van der Waals surface area (Å²) in [7, 11) is 0. The fraction of sp³-hybridized carbons (Fsp3) is 0.467. The molecule has 1 amide bonds. The van der Waals surface area contributed by atoms with Gasteiger partial charge in [0.25, 0.3) is 0 Å². The van der Waals surface area contributed by atoms with Crippen LogP contribution in [0.15, 0.2) is 24.3 Å². The van der Waals surface area contributed by atoms with Crippen LogP contribution < -0.4 is 11.1 Å². The summed E-state index contributed by atoms with van der Waals surface area (Å²) in [6.45, 7) is 5.69. The van der Waals surface area contributed by atoms with E-state index in [-0.39, 0.29) is 18.2 Å². The number of nitrogens with one attached hydrogen (secondary N) is 1. The van der Waals surface area contributed by atoms with Crippen molar-refractivity contribution < 1.29 is 14.7 Å². The van der Waals surface area contributed by atoms with Crippen LogP contribution in [0, 0.1) is 12.8 Å². The number of nitrogens with two attached hydrogens (primary N) is 1. The van der Waals surface area contributed by atoms with Crippen molar-refractivity contribution in [2.75, 3.05) is 0 Å². The first kappa shape index (κ1) is 16.2. The highest BCUT2D eigenvalue weighted by molar-refractivity contribution is 5.83. The van der Waals surface area contributed by atoms with E-state index in [1.165, 1.54) is 0 Å². The third-order valence-electron chi connectivity index (χ3n) is 3.25. The molecule has 1 aromatic carbocycles. The van der Waals surface area contributed by atoms with Crippen molar-refractivity contribution in [3.05, 3.63) is 35.4 Å². The fourth-order valence-corrected chi connectivity index (χ4v) is 1.84. The summed E-state index contributed by atoms with van der Waals surface area (Å²) in [6.07, 6.45) is -0.107. The highest BCUT2D eigenvalue weighted by atomic mass is 16.4. The van der Waals surface area contributed by atoms with Crippen molar-refractivity contribution in [1.29, 1.82) is 0 Å². The lowest BCUT2D eigenvalue weighted by Gasteiger charge is -2.23. The maximum Gasteiger partial charge on any atom is 0.305 e. The Bertz CT molecular complexity index is 469. The van der Waals surface area contributed by atoms with Crippen molar-refractivity contribution in [2.45, 2.75) is 39.3 Å². The molecule has 0 bridgehead atoms. The zero-order chi connectivity index (χ0) is 15.3. The molecular formula is C15H22N2O3. The molecule has 0 heterocycles. The summed E-state index contributed by atoms with van der Waals surface area (Å²) in [4.78, 5) is 22.9. The quantitative estimate of drug-likeness (QED) is 0.737. The molecule has 0 radical (unpaired) electrons. The number of hydrogen-bond acceptors (Lipinski definition) is 3. The molecular weight excluding hydrogens is 256 g/mol. The summed E-state index contributed by atoms with van der Waals surface area (Å²) in [6, 6.07) is 6.18. The predicted octanol–water partition coefficient (Wildman–Crippen LogP) is 1.61. The second-order valence-electron chi connectivity index (χ2n) is 5.35. The second kappa shape index (κ2) is 7.05. The predicted molar refractivity (Wildman–Crippen MR) is 77.1 cm³/mol. The van der Waals surface area contributed by atoms with Crippen LogP contribution in [-0.2, 0) is 9.59 Å². The molecule has 0 spiro atoms. The average Bonchev–Trinajstić information content (AvgIpc) is 2.37. The molecule has 1 aromatic rings. The van der Waals surface area contributed by atoms with Crippen LogP contribution in [0.25, 0.3) is 0 Å². The number of aryl methyl sites for hydroxylation is 1. The van der Waals surface area contributed by atoms with Gasteiger partial charge in [-0.25, -0.2) is 0 Å². The van der Waals surface area contributed by atoms with E-state index in [1.54, 1.807) is 12.1 Å². The van der Waals surface area contributed by atoms with E-state index in [9.17, 15) is 9.59 Å². The molecule has 0 saturated carbocycles. The molecule has 0 aliphatic carbocycles. The topological polar surface area (TPSA) is 92.4 Å². The van der Waals surface area contributed by atoms with E-state index < -0.39 is 18.1 Å². The van der Waals surface area contributed by atoms with Crippen molar-refractivity contribution in [3.8, 4) is 0 Å². The van der Waals surface area contributed by atoms with Gasteiger partial charge >= 0.3 is 5.97 Å². The minimum absolute atomic E-state index is 0.0280. The molecule has 0 aromatic heterocycles. The van der Waals surface area contributed by atoms with Crippen LogP contribution in [0.1, 0.15) is 37.4 Å². The molecule has 20 heavy (non-hydrogen) atoms. The molecule has 0 aliphatic rings. The maximum atomic E-state index is 12.1. The number of hydrogen-bond donors (Lipinski definition) is 3. The summed E-state index contributed by atoms with van der Waals surface area (Å²) in [5.41, 5.74) is 7.71. The Morgan fingerprint density at radius 2 is 1.80 bits per heavy atom. The van der Waals surface area contributed by atoms with Gasteiger partial charge in [0, 0.05) is 6.04 Å². The third kappa shape index (κ3) is 4.66. The zero-order valence-corrected chi connectivity index (χ0v) is 12.1. The minimum atomic E-state index is -0.937. The Kier molecular flexibility index (Phi) is 5.70. The van der Waals surface area contributed by atoms with Gasteiger partial charge in [0.15, 0.2) is 0 Å². The van der Waals surface area contributed by atoms with Crippen LogP contribution in [0.2, 0.25) is 0 Å². The normalized spacial score (nSPS) is 13.8. The van der Waals surface area contributed by atoms with Gasteiger partial charge in [-0.3, -0.25) is 9.59 Å². The summed E-state index contributed by atoms with van der Waals surface area (Å²) in [5.74, 6) is -1.26. The summed E-state index contributed by atoms with van der Waals surface area (Å²) < 4.78 is 0. The molecule has 1 rings (SSSR count).